The summed E-state index contributed by atoms with van der Waals surface area (Å²) in [4.78, 5) is 13.1. The van der Waals surface area contributed by atoms with Crippen LogP contribution in [0.2, 0.25) is 0 Å². The average molecular weight is 536 g/mol. The monoisotopic (exact) mass is 535 g/mol. The van der Waals surface area contributed by atoms with Crippen LogP contribution in [0.1, 0.15) is 12.0 Å². The number of anilines is 2. The molecule has 2 aromatic carbocycles. The molecule has 4 heterocycles. The van der Waals surface area contributed by atoms with Crippen LogP contribution in [0.15, 0.2) is 70.4 Å². The summed E-state index contributed by atoms with van der Waals surface area (Å²) in [5.41, 5.74) is 2.52. The van der Waals surface area contributed by atoms with Gasteiger partial charge in [-0.25, -0.2) is 23.6 Å². The first-order valence-electron chi connectivity index (χ1n) is 12.2. The van der Waals surface area contributed by atoms with Crippen LogP contribution < -0.4 is 10.1 Å². The number of halogens is 1. The lowest BCUT2D eigenvalue weighted by Gasteiger charge is -2.21. The average Bonchev–Trinajstić information content (AvgIpc) is 3.51. The van der Waals surface area contributed by atoms with E-state index in [0.717, 1.165) is 17.4 Å². The molecule has 2 aliphatic rings. The first-order chi connectivity index (χ1) is 18.4. The van der Waals surface area contributed by atoms with Crippen LogP contribution in [-0.4, -0.2) is 56.9 Å². The maximum absolute atomic E-state index is 14.2. The molecule has 1 N–H and O–H groups in total. The van der Waals surface area contributed by atoms with Crippen LogP contribution >= 0.6 is 0 Å². The second-order valence-electron chi connectivity index (χ2n) is 9.36. The van der Waals surface area contributed by atoms with Gasteiger partial charge in [0.15, 0.2) is 6.10 Å². The molecule has 11 heteroatoms. The molecule has 0 amide bonds. The number of nitrogens with zero attached hydrogens (tertiary/aromatic N) is 4. The maximum atomic E-state index is 14.2. The minimum absolute atomic E-state index is 0.00789. The highest BCUT2D eigenvalue weighted by molar-refractivity contribution is 7.93. The van der Waals surface area contributed by atoms with Gasteiger partial charge < -0.3 is 19.5 Å². The molecule has 0 saturated carbocycles. The van der Waals surface area contributed by atoms with E-state index in [9.17, 15) is 8.60 Å². The van der Waals surface area contributed by atoms with Crippen molar-refractivity contribution in [2.75, 3.05) is 24.8 Å². The van der Waals surface area contributed by atoms with Gasteiger partial charge in [0.2, 0.25) is 0 Å². The first-order valence-corrected chi connectivity index (χ1v) is 14.1. The van der Waals surface area contributed by atoms with Crippen molar-refractivity contribution in [3.05, 3.63) is 72.4 Å². The topological polar surface area (TPSA) is 108 Å². The Hall–Kier alpha value is -3.67. The molecule has 4 aromatic rings. The third kappa shape index (κ3) is 4.80. The molecule has 4 atom stereocenters. The van der Waals surface area contributed by atoms with Crippen molar-refractivity contribution in [2.24, 2.45) is 4.36 Å². The van der Waals surface area contributed by atoms with Crippen LogP contribution in [0.3, 0.4) is 0 Å². The van der Waals surface area contributed by atoms with Crippen molar-refractivity contribution >= 4 is 37.8 Å². The third-order valence-electron chi connectivity index (χ3n) is 6.62. The number of aromatic nitrogens is 3. The molecular formula is C27H26FN5O4S. The van der Waals surface area contributed by atoms with Crippen molar-refractivity contribution in [1.29, 1.82) is 0 Å². The van der Waals surface area contributed by atoms with Crippen LogP contribution in [-0.2, 0) is 19.2 Å². The molecular weight excluding hydrogens is 509 g/mol. The molecule has 2 aromatic heterocycles. The lowest BCUT2D eigenvalue weighted by molar-refractivity contribution is 0.0310. The van der Waals surface area contributed by atoms with E-state index >= 15 is 0 Å². The Balaban J connectivity index is 1.33. The van der Waals surface area contributed by atoms with Crippen molar-refractivity contribution in [2.45, 2.75) is 36.7 Å². The largest absolute Gasteiger partial charge is 0.483 e. The number of benzene rings is 2. The van der Waals surface area contributed by atoms with E-state index < -0.39 is 15.5 Å². The zero-order valence-corrected chi connectivity index (χ0v) is 21.7. The third-order valence-corrected chi connectivity index (χ3v) is 8.20. The van der Waals surface area contributed by atoms with Crippen LogP contribution in [0.25, 0.3) is 10.9 Å². The van der Waals surface area contributed by atoms with Crippen LogP contribution in [0.5, 0.6) is 5.75 Å². The molecule has 6 rings (SSSR count). The van der Waals surface area contributed by atoms with Gasteiger partial charge in [0, 0.05) is 30.5 Å². The fraction of sp³-hybridized carbons (Fsp3) is 0.296. The van der Waals surface area contributed by atoms with Crippen molar-refractivity contribution in [1.82, 2.24) is 15.0 Å². The molecule has 38 heavy (non-hydrogen) atoms. The van der Waals surface area contributed by atoms with E-state index in [0.29, 0.717) is 46.7 Å². The number of hydrogen-bond acceptors (Lipinski definition) is 9. The minimum Gasteiger partial charge on any atom is -0.483 e. The fourth-order valence-corrected chi connectivity index (χ4v) is 6.05. The zero-order chi connectivity index (χ0) is 26.3. The van der Waals surface area contributed by atoms with Crippen molar-refractivity contribution in [3.63, 3.8) is 0 Å². The summed E-state index contributed by atoms with van der Waals surface area (Å²) in [6.45, 7) is 2.91. The number of hydrogen-bond donors (Lipinski definition) is 1. The first kappa shape index (κ1) is 24.7. The fourth-order valence-electron chi connectivity index (χ4n) is 4.86. The smallest absolute Gasteiger partial charge is 0.151 e. The SMILES string of the molecule is Cc1cc(N=S(C)(=O)c2ccccn2)cc2ncnc(Nc3ccc(F)cc3O[C@@H]3CO[C@@H]4CCOC43)c12. The summed E-state index contributed by atoms with van der Waals surface area (Å²) in [6, 6.07) is 13.1. The number of ether oxygens (including phenoxy) is 3. The second kappa shape index (κ2) is 9.90. The quantitative estimate of drug-likeness (QED) is 0.370. The van der Waals surface area contributed by atoms with Crippen molar-refractivity contribution < 1.29 is 22.8 Å². The number of pyridine rings is 1. The Labute approximate surface area is 219 Å². The van der Waals surface area contributed by atoms with Gasteiger partial charge in [-0.2, -0.15) is 4.36 Å². The Morgan fingerprint density at radius 2 is 2.03 bits per heavy atom. The normalized spacial score (nSPS) is 22.1. The molecule has 2 aliphatic heterocycles. The Morgan fingerprint density at radius 3 is 2.87 bits per heavy atom. The highest BCUT2D eigenvalue weighted by atomic mass is 32.2. The van der Waals surface area contributed by atoms with Gasteiger partial charge in [0.25, 0.3) is 0 Å². The molecule has 2 fully saturated rings. The standard InChI is InChI=1S/C27H26FN5O4S/c1-16-11-18(33-38(2,34)24-5-3-4-9-29-24)13-20-25(16)27(31-15-30-20)32-19-7-6-17(28)12-22(19)37-23-14-36-21-8-10-35-26(21)23/h3-7,9,11-13,15,21,23,26H,8,10,14H2,1-2H3,(H,30,31,32)/t21-,23-,26?,38?/m1/s1. The van der Waals surface area contributed by atoms with Gasteiger partial charge in [0.05, 0.1) is 39.3 Å². The Bertz CT molecular complexity index is 1630. The molecule has 196 valence electrons. The number of aryl methyl sites for hydroxylation is 1. The molecule has 2 saturated heterocycles. The Kier molecular flexibility index (Phi) is 6.42. The molecule has 0 aliphatic carbocycles. The van der Waals surface area contributed by atoms with E-state index in [4.69, 9.17) is 14.2 Å². The van der Waals surface area contributed by atoms with E-state index in [-0.39, 0.29) is 18.3 Å². The molecule has 0 radical (unpaired) electrons. The number of rotatable bonds is 6. The summed E-state index contributed by atoms with van der Waals surface area (Å²) in [5.74, 6) is 0.446. The summed E-state index contributed by atoms with van der Waals surface area (Å²) in [5, 5.41) is 4.46. The van der Waals surface area contributed by atoms with Gasteiger partial charge in [-0.05, 0) is 55.3 Å². The predicted molar refractivity (Wildman–Crippen MR) is 141 cm³/mol. The van der Waals surface area contributed by atoms with Gasteiger partial charge in [-0.15, -0.1) is 0 Å². The summed E-state index contributed by atoms with van der Waals surface area (Å²) >= 11 is 0. The maximum Gasteiger partial charge on any atom is 0.151 e. The van der Waals surface area contributed by atoms with Gasteiger partial charge >= 0.3 is 0 Å². The number of fused-ring (bicyclic) bond motifs is 2. The molecule has 9 nitrogen and oxygen atoms in total. The van der Waals surface area contributed by atoms with Gasteiger partial charge in [0.1, 0.15) is 34.8 Å². The highest BCUT2D eigenvalue weighted by Gasteiger charge is 2.43. The zero-order valence-electron chi connectivity index (χ0n) is 20.8. The second-order valence-corrected chi connectivity index (χ2v) is 11.6. The lowest BCUT2D eigenvalue weighted by atomic mass is 10.1. The molecule has 0 bridgehead atoms. The minimum atomic E-state index is -2.75. The molecule has 0 spiro atoms. The van der Waals surface area contributed by atoms with E-state index in [1.807, 2.05) is 13.0 Å². The van der Waals surface area contributed by atoms with Crippen molar-refractivity contribution in [3.8, 4) is 5.75 Å². The van der Waals surface area contributed by atoms with Gasteiger partial charge in [-0.3, -0.25) is 0 Å². The number of nitrogens with one attached hydrogen (secondary N) is 1. The van der Waals surface area contributed by atoms with Gasteiger partial charge in [-0.1, -0.05) is 6.07 Å². The van der Waals surface area contributed by atoms with E-state index in [1.165, 1.54) is 18.5 Å². The Morgan fingerprint density at radius 1 is 1.13 bits per heavy atom. The molecule has 2 unspecified atom stereocenters. The summed E-state index contributed by atoms with van der Waals surface area (Å²) in [7, 11) is -2.75. The van der Waals surface area contributed by atoms with Crippen LogP contribution in [0, 0.1) is 12.7 Å². The summed E-state index contributed by atoms with van der Waals surface area (Å²) < 4.78 is 49.7. The highest BCUT2D eigenvalue weighted by Crippen LogP contribution is 2.36. The van der Waals surface area contributed by atoms with E-state index in [2.05, 4.69) is 24.6 Å². The predicted octanol–water partition coefficient (Wildman–Crippen LogP) is 4.94. The van der Waals surface area contributed by atoms with Crippen LogP contribution in [0.4, 0.5) is 21.6 Å². The summed E-state index contributed by atoms with van der Waals surface area (Å²) in [6.07, 6.45) is 4.92. The van der Waals surface area contributed by atoms with E-state index in [1.54, 1.807) is 42.8 Å². The lowest BCUT2D eigenvalue weighted by Crippen LogP contribution is -2.32.